The maximum Gasteiger partial charge on any atom is 0.252 e. The summed E-state index contributed by atoms with van der Waals surface area (Å²) in [6, 6.07) is 114. The molecule has 0 amide bonds. The van der Waals surface area contributed by atoms with Gasteiger partial charge in [0.05, 0.1) is 16.7 Å². The van der Waals surface area contributed by atoms with Gasteiger partial charge < -0.3 is 14.4 Å². The Morgan fingerprint density at radius 1 is 0.256 bits per heavy atom. The summed E-state index contributed by atoms with van der Waals surface area (Å²) < 4.78 is 2.56. The predicted molar refractivity (Wildman–Crippen MR) is 385 cm³/mol. The van der Waals surface area contributed by atoms with Crippen LogP contribution in [0.5, 0.6) is 0 Å². The van der Waals surface area contributed by atoms with Crippen LogP contribution in [0, 0.1) is 0 Å². The van der Waals surface area contributed by atoms with Crippen molar-refractivity contribution in [2.45, 2.75) is 52.4 Å². The molecule has 0 bridgehead atoms. The summed E-state index contributed by atoms with van der Waals surface area (Å²) in [5, 5.41) is 2.41. The van der Waals surface area contributed by atoms with Gasteiger partial charge in [-0.2, -0.15) is 0 Å². The van der Waals surface area contributed by atoms with E-state index in [-0.39, 0.29) is 17.5 Å². The predicted octanol–water partition coefficient (Wildman–Crippen LogP) is 21.5. The Bertz CT molecular complexity index is 4750. The van der Waals surface area contributed by atoms with Crippen molar-refractivity contribution in [3.63, 3.8) is 0 Å². The third-order valence-corrected chi connectivity index (χ3v) is 18.8. The molecule has 2 aliphatic rings. The zero-order valence-corrected chi connectivity index (χ0v) is 51.8. The molecule has 0 unspecified atom stereocenters. The average Bonchev–Trinajstić information content (AvgIpc) is 0.752. The van der Waals surface area contributed by atoms with Gasteiger partial charge in [0, 0.05) is 44.9 Å². The van der Waals surface area contributed by atoms with Crippen molar-refractivity contribution >= 4 is 79.0 Å². The lowest BCUT2D eigenvalue weighted by Crippen LogP contribution is -2.61. The first-order valence-electron chi connectivity index (χ1n) is 31.7. The van der Waals surface area contributed by atoms with Crippen LogP contribution in [-0.2, 0) is 10.8 Å². The zero-order valence-electron chi connectivity index (χ0n) is 51.8. The maximum absolute atomic E-state index is 2.63. The molecule has 0 saturated heterocycles. The van der Waals surface area contributed by atoms with E-state index in [1.54, 1.807) is 0 Å². The summed E-state index contributed by atoms with van der Waals surface area (Å²) in [5.74, 6) is 0. The highest BCUT2D eigenvalue weighted by Crippen LogP contribution is 2.51. The van der Waals surface area contributed by atoms with Gasteiger partial charge in [-0.1, -0.05) is 272 Å². The van der Waals surface area contributed by atoms with E-state index in [1.807, 2.05) is 0 Å². The minimum absolute atomic E-state index is 0.191. The van der Waals surface area contributed by atoms with Crippen molar-refractivity contribution in [2.24, 2.45) is 0 Å². The molecule has 430 valence electrons. The minimum Gasteiger partial charge on any atom is -0.311 e. The van der Waals surface area contributed by atoms with Crippen LogP contribution in [0.15, 0.2) is 303 Å². The standard InChI is InChI=1S/C86H68BN3/c1-85(2,3)74-55-80-76(53-70(74)61-35-21-11-22-36-61)87-77-54-71(62-37-23-12-24-38-62)75(86(4,5)6)56-81(77)89(68-42-26-40-64(48-68)58-29-15-8-16-30-58)83-52-69(51-82(84(83)87)88(80)67-41-25-39-63(47-67)57-27-13-7-14-28-57)90-78-45-43-65(59-31-17-9-18-32-59)49-72(78)73-50-66(44-46-79(73)90)60-33-19-10-20-34-60/h7-56H,1-6H3. The maximum atomic E-state index is 2.63. The highest BCUT2D eigenvalue weighted by Gasteiger charge is 2.46. The Morgan fingerprint density at radius 2 is 0.578 bits per heavy atom. The van der Waals surface area contributed by atoms with Gasteiger partial charge in [0.2, 0.25) is 0 Å². The number of aromatic nitrogens is 1. The fourth-order valence-electron chi connectivity index (χ4n) is 14.5. The van der Waals surface area contributed by atoms with E-state index in [9.17, 15) is 0 Å². The molecule has 0 fully saturated rings. The third kappa shape index (κ3) is 9.36. The summed E-state index contributed by atoms with van der Waals surface area (Å²) in [7, 11) is 0. The number of hydrogen-bond acceptors (Lipinski definition) is 2. The highest BCUT2D eigenvalue weighted by molar-refractivity contribution is 7.00. The van der Waals surface area contributed by atoms with Crippen molar-refractivity contribution in [1.29, 1.82) is 0 Å². The molecule has 16 rings (SSSR count). The molecule has 4 heteroatoms. The zero-order chi connectivity index (χ0) is 60.8. The van der Waals surface area contributed by atoms with Crippen LogP contribution in [0.2, 0.25) is 0 Å². The first-order chi connectivity index (χ1) is 43.9. The lowest BCUT2D eigenvalue weighted by atomic mass is 9.33. The quantitative estimate of drug-likeness (QED) is 0.133. The van der Waals surface area contributed by atoms with Crippen LogP contribution < -0.4 is 26.2 Å². The number of benzene rings is 13. The van der Waals surface area contributed by atoms with Gasteiger partial charge in [0.1, 0.15) is 0 Å². The Morgan fingerprint density at radius 3 is 0.922 bits per heavy atom. The average molecular weight is 1150 g/mol. The van der Waals surface area contributed by atoms with E-state index in [0.29, 0.717) is 0 Å². The van der Waals surface area contributed by atoms with Crippen LogP contribution in [0.4, 0.5) is 34.1 Å². The Balaban J connectivity index is 1.08. The summed E-state index contributed by atoms with van der Waals surface area (Å²) >= 11 is 0. The lowest BCUT2D eigenvalue weighted by Gasteiger charge is -2.46. The molecule has 3 nitrogen and oxygen atoms in total. The highest BCUT2D eigenvalue weighted by atomic mass is 15.2. The molecule has 3 heterocycles. The summed E-state index contributed by atoms with van der Waals surface area (Å²) in [6.07, 6.45) is 0. The van der Waals surface area contributed by atoms with Gasteiger partial charge in [-0.25, -0.2) is 0 Å². The Hall–Kier alpha value is -10.7. The SMILES string of the molecule is CC(C)(C)c1cc2c(cc1-c1ccccc1)B1c3cc(-c4ccccc4)c(C(C)(C)C)cc3N(c3cccc(-c4ccccc4)c3)c3cc(-n4c5ccc(-c6ccccc6)cc5c5cc(-c6ccccc6)ccc54)cc(c31)N2c1cccc(-c2ccccc2)c1. The van der Waals surface area contributed by atoms with Gasteiger partial charge in [-0.15, -0.1) is 0 Å². The third-order valence-electron chi connectivity index (χ3n) is 18.8. The van der Waals surface area contributed by atoms with Crippen molar-refractivity contribution in [3.05, 3.63) is 314 Å². The molecule has 1 aromatic heterocycles. The smallest absolute Gasteiger partial charge is 0.252 e. The molecular formula is C86H68BN3. The van der Waals surface area contributed by atoms with E-state index in [2.05, 4.69) is 359 Å². The molecule has 0 radical (unpaired) electrons. The van der Waals surface area contributed by atoms with Gasteiger partial charge >= 0.3 is 0 Å². The Labute approximate surface area is 529 Å². The fourth-order valence-corrected chi connectivity index (χ4v) is 14.5. The van der Waals surface area contributed by atoms with Gasteiger partial charge in [-0.05, 0) is 178 Å². The van der Waals surface area contributed by atoms with Crippen LogP contribution in [0.3, 0.4) is 0 Å². The van der Waals surface area contributed by atoms with Crippen molar-refractivity contribution in [1.82, 2.24) is 4.57 Å². The van der Waals surface area contributed by atoms with E-state index in [1.165, 1.54) is 105 Å². The number of rotatable bonds is 9. The summed E-state index contributed by atoms with van der Waals surface area (Å²) in [4.78, 5) is 5.26. The van der Waals surface area contributed by atoms with Crippen molar-refractivity contribution in [2.75, 3.05) is 9.80 Å². The van der Waals surface area contributed by atoms with Crippen LogP contribution >= 0.6 is 0 Å². The van der Waals surface area contributed by atoms with Gasteiger partial charge in [0.15, 0.2) is 0 Å². The summed E-state index contributed by atoms with van der Waals surface area (Å²) in [6.45, 7) is 14.1. The number of anilines is 6. The van der Waals surface area contributed by atoms with Crippen LogP contribution in [0.25, 0.3) is 94.3 Å². The molecule has 13 aromatic carbocycles. The second-order valence-electron chi connectivity index (χ2n) is 26.5. The lowest BCUT2D eigenvalue weighted by molar-refractivity contribution is 0.592. The minimum atomic E-state index is -0.224. The number of hydrogen-bond donors (Lipinski definition) is 0. The molecular weight excluding hydrogens is 1090 g/mol. The monoisotopic (exact) mass is 1150 g/mol. The largest absolute Gasteiger partial charge is 0.311 e. The molecule has 2 aliphatic heterocycles. The first kappa shape index (κ1) is 54.7. The molecule has 0 spiro atoms. The summed E-state index contributed by atoms with van der Waals surface area (Å²) in [5.41, 5.74) is 30.5. The molecule has 0 aliphatic carbocycles. The second-order valence-corrected chi connectivity index (χ2v) is 26.5. The number of fused-ring (bicyclic) bond motifs is 7. The van der Waals surface area contributed by atoms with Crippen LogP contribution in [0.1, 0.15) is 52.7 Å². The van der Waals surface area contributed by atoms with Crippen LogP contribution in [-0.4, -0.2) is 11.3 Å². The fraction of sp³-hybridized carbons (Fsp3) is 0.0930. The molecule has 14 aromatic rings. The van der Waals surface area contributed by atoms with Gasteiger partial charge in [-0.3, -0.25) is 0 Å². The van der Waals surface area contributed by atoms with E-state index in [4.69, 9.17) is 0 Å². The second kappa shape index (κ2) is 21.6. The van der Waals surface area contributed by atoms with Crippen molar-refractivity contribution in [3.8, 4) is 72.4 Å². The molecule has 90 heavy (non-hydrogen) atoms. The first-order valence-corrected chi connectivity index (χ1v) is 31.7. The molecule has 0 saturated carbocycles. The topological polar surface area (TPSA) is 11.4 Å². The van der Waals surface area contributed by atoms with E-state index in [0.717, 1.165) is 50.6 Å². The number of nitrogens with zero attached hydrogens (tertiary/aromatic N) is 3. The van der Waals surface area contributed by atoms with Crippen molar-refractivity contribution < 1.29 is 0 Å². The van der Waals surface area contributed by atoms with E-state index < -0.39 is 0 Å². The molecule has 0 atom stereocenters. The molecule has 0 N–H and O–H groups in total. The Kier molecular flexibility index (Phi) is 13.1. The van der Waals surface area contributed by atoms with E-state index >= 15 is 0 Å². The normalized spacial score (nSPS) is 12.7. The van der Waals surface area contributed by atoms with Gasteiger partial charge in [0.25, 0.3) is 6.71 Å².